The molecule has 1 atom stereocenters. The molecule has 0 aromatic heterocycles. The van der Waals surface area contributed by atoms with Crippen LogP contribution in [0, 0.1) is 0 Å². The maximum Gasteiger partial charge on any atom is 0.260 e. The van der Waals surface area contributed by atoms with Crippen LogP contribution in [0.2, 0.25) is 0 Å². The van der Waals surface area contributed by atoms with Gasteiger partial charge in [-0.3, -0.25) is 4.79 Å². The number of hydrogen-bond acceptors (Lipinski definition) is 3. The Hall–Kier alpha value is -0.780. The third-order valence-corrected chi connectivity index (χ3v) is 3.05. The van der Waals surface area contributed by atoms with Crippen molar-refractivity contribution in [1.29, 1.82) is 0 Å². The number of likely N-dealkylation sites (N-methyl/N-ethyl adjacent to an activating group) is 1. The molecule has 6 heteroatoms. The number of nitrogens with two attached hydrogens (primary N) is 1. The lowest BCUT2D eigenvalue weighted by atomic mass is 10.3. The van der Waals surface area contributed by atoms with Crippen LogP contribution in [-0.4, -0.2) is 37.0 Å². The first-order chi connectivity index (χ1) is 8.04. The molecule has 0 saturated carbocycles. The molecule has 2 N–H and O–H groups in total. The molecule has 0 aliphatic heterocycles. The molecule has 1 aromatic rings. The van der Waals surface area contributed by atoms with Crippen LogP contribution in [-0.2, 0) is 4.79 Å². The second-order valence-corrected chi connectivity index (χ2v) is 4.75. The summed E-state index contributed by atoms with van der Waals surface area (Å²) >= 11 is 3.34. The summed E-state index contributed by atoms with van der Waals surface area (Å²) < 4.78 is 6.32. The molecular weight excluding hydrogens is 320 g/mol. The van der Waals surface area contributed by atoms with Gasteiger partial charge in [-0.15, -0.1) is 12.4 Å². The smallest absolute Gasteiger partial charge is 0.260 e. The normalized spacial score (nSPS) is 11.3. The van der Waals surface area contributed by atoms with Gasteiger partial charge in [0.25, 0.3) is 5.91 Å². The van der Waals surface area contributed by atoms with Crippen molar-refractivity contribution < 1.29 is 9.53 Å². The van der Waals surface area contributed by atoms with Crippen LogP contribution in [0.25, 0.3) is 0 Å². The minimum Gasteiger partial charge on any atom is -0.484 e. The van der Waals surface area contributed by atoms with E-state index in [0.29, 0.717) is 12.3 Å². The van der Waals surface area contributed by atoms with Crippen LogP contribution < -0.4 is 10.5 Å². The molecule has 1 aromatic carbocycles. The van der Waals surface area contributed by atoms with Gasteiger partial charge >= 0.3 is 0 Å². The number of benzene rings is 1. The van der Waals surface area contributed by atoms with Crippen molar-refractivity contribution in [3.05, 3.63) is 28.7 Å². The van der Waals surface area contributed by atoms with E-state index >= 15 is 0 Å². The van der Waals surface area contributed by atoms with Gasteiger partial charge in [0.2, 0.25) is 0 Å². The molecule has 4 nitrogen and oxygen atoms in total. The molecule has 0 aliphatic rings. The van der Waals surface area contributed by atoms with E-state index in [0.717, 1.165) is 4.47 Å². The fourth-order valence-corrected chi connectivity index (χ4v) is 1.59. The van der Waals surface area contributed by atoms with E-state index in [-0.39, 0.29) is 31.0 Å². The van der Waals surface area contributed by atoms with Crippen LogP contribution in [0.4, 0.5) is 0 Å². The van der Waals surface area contributed by atoms with E-state index in [1.54, 1.807) is 11.9 Å². The van der Waals surface area contributed by atoms with Crippen molar-refractivity contribution in [2.24, 2.45) is 5.73 Å². The van der Waals surface area contributed by atoms with Crippen LogP contribution in [0.5, 0.6) is 5.75 Å². The first kappa shape index (κ1) is 17.2. The Kier molecular flexibility index (Phi) is 7.98. The average Bonchev–Trinajstić information content (AvgIpc) is 2.34. The second-order valence-electron chi connectivity index (χ2n) is 3.84. The van der Waals surface area contributed by atoms with Crippen LogP contribution in [0.3, 0.4) is 0 Å². The number of carbonyl (C=O) groups is 1. The zero-order valence-electron chi connectivity index (χ0n) is 10.4. The summed E-state index contributed by atoms with van der Waals surface area (Å²) in [4.78, 5) is 13.3. The highest BCUT2D eigenvalue weighted by Crippen LogP contribution is 2.17. The lowest BCUT2D eigenvalue weighted by Gasteiger charge is -2.23. The van der Waals surface area contributed by atoms with Crippen molar-refractivity contribution in [2.45, 2.75) is 13.0 Å². The van der Waals surface area contributed by atoms with Gasteiger partial charge < -0.3 is 15.4 Å². The predicted octanol–water partition coefficient (Wildman–Crippen LogP) is 2.06. The van der Waals surface area contributed by atoms with Gasteiger partial charge in [0, 0.05) is 24.1 Å². The molecule has 0 aliphatic carbocycles. The summed E-state index contributed by atoms with van der Waals surface area (Å²) in [7, 11) is 1.73. The number of carbonyl (C=O) groups excluding carboxylic acids is 1. The minimum atomic E-state index is -0.0806. The third-order valence-electron chi connectivity index (χ3n) is 2.55. The van der Waals surface area contributed by atoms with E-state index in [4.69, 9.17) is 10.5 Å². The Morgan fingerprint density at radius 3 is 2.78 bits per heavy atom. The maximum absolute atomic E-state index is 11.7. The van der Waals surface area contributed by atoms with Gasteiger partial charge in [-0.25, -0.2) is 0 Å². The SMILES string of the molecule is CC(CN)N(C)C(=O)COc1cccc(Br)c1.Cl. The van der Waals surface area contributed by atoms with Crippen molar-refractivity contribution >= 4 is 34.2 Å². The summed E-state index contributed by atoms with van der Waals surface area (Å²) in [5.41, 5.74) is 5.50. The highest BCUT2D eigenvalue weighted by atomic mass is 79.9. The van der Waals surface area contributed by atoms with Gasteiger partial charge in [0.15, 0.2) is 6.61 Å². The Labute approximate surface area is 122 Å². The predicted molar refractivity (Wildman–Crippen MR) is 78.2 cm³/mol. The van der Waals surface area contributed by atoms with Crippen molar-refractivity contribution in [3.8, 4) is 5.75 Å². The lowest BCUT2D eigenvalue weighted by Crippen LogP contribution is -2.42. The van der Waals surface area contributed by atoms with E-state index < -0.39 is 0 Å². The zero-order valence-corrected chi connectivity index (χ0v) is 12.8. The fourth-order valence-electron chi connectivity index (χ4n) is 1.21. The average molecular weight is 338 g/mol. The first-order valence-corrected chi connectivity index (χ1v) is 6.18. The van der Waals surface area contributed by atoms with Crippen molar-refractivity contribution in [1.82, 2.24) is 4.90 Å². The molecule has 1 rings (SSSR count). The monoisotopic (exact) mass is 336 g/mol. The van der Waals surface area contributed by atoms with Crippen LogP contribution >= 0.6 is 28.3 Å². The molecule has 0 radical (unpaired) electrons. The van der Waals surface area contributed by atoms with Gasteiger partial charge in [-0.2, -0.15) is 0 Å². The maximum atomic E-state index is 11.7. The molecule has 18 heavy (non-hydrogen) atoms. The van der Waals surface area contributed by atoms with E-state index in [1.807, 2.05) is 31.2 Å². The number of amides is 1. The summed E-state index contributed by atoms with van der Waals surface area (Å²) in [5, 5.41) is 0. The number of hydrogen-bond donors (Lipinski definition) is 1. The molecule has 0 fully saturated rings. The molecule has 1 unspecified atom stereocenters. The van der Waals surface area contributed by atoms with Crippen molar-refractivity contribution in [2.75, 3.05) is 20.2 Å². The zero-order chi connectivity index (χ0) is 12.8. The molecule has 0 spiro atoms. The standard InChI is InChI=1S/C12H17BrN2O2.ClH/c1-9(7-14)15(2)12(16)8-17-11-5-3-4-10(13)6-11;/h3-6,9H,7-8,14H2,1-2H3;1H. The second kappa shape index (κ2) is 8.34. The van der Waals surface area contributed by atoms with Gasteiger partial charge in [-0.05, 0) is 25.1 Å². The Balaban J connectivity index is 0.00000289. The quantitative estimate of drug-likeness (QED) is 0.895. The number of nitrogens with zero attached hydrogens (tertiary/aromatic N) is 1. The highest BCUT2D eigenvalue weighted by Gasteiger charge is 2.14. The van der Waals surface area contributed by atoms with Gasteiger partial charge in [-0.1, -0.05) is 22.0 Å². The molecule has 1 amide bonds. The number of ether oxygens (including phenoxy) is 1. The third kappa shape index (κ3) is 5.25. The van der Waals surface area contributed by atoms with Crippen molar-refractivity contribution in [3.63, 3.8) is 0 Å². The summed E-state index contributed by atoms with van der Waals surface area (Å²) in [6.45, 7) is 2.37. The first-order valence-electron chi connectivity index (χ1n) is 5.38. The van der Waals surface area contributed by atoms with Crippen LogP contribution in [0.15, 0.2) is 28.7 Å². The summed E-state index contributed by atoms with van der Waals surface area (Å²) in [6, 6.07) is 7.41. The molecule has 102 valence electrons. The van der Waals surface area contributed by atoms with E-state index in [9.17, 15) is 4.79 Å². The Morgan fingerprint density at radius 1 is 1.56 bits per heavy atom. The number of halogens is 2. The Bertz CT molecular complexity index is 390. The lowest BCUT2D eigenvalue weighted by molar-refractivity contribution is -0.133. The fraction of sp³-hybridized carbons (Fsp3) is 0.417. The molecule has 0 bridgehead atoms. The summed E-state index contributed by atoms with van der Waals surface area (Å²) in [6.07, 6.45) is 0. The van der Waals surface area contributed by atoms with Crippen LogP contribution in [0.1, 0.15) is 6.92 Å². The minimum absolute atomic E-state index is 0. The topological polar surface area (TPSA) is 55.6 Å². The summed E-state index contributed by atoms with van der Waals surface area (Å²) in [5.74, 6) is 0.587. The molecular formula is C12H18BrClN2O2. The Morgan fingerprint density at radius 2 is 2.22 bits per heavy atom. The molecule has 0 saturated heterocycles. The largest absolute Gasteiger partial charge is 0.484 e. The molecule has 0 heterocycles. The van der Waals surface area contributed by atoms with Gasteiger partial charge in [0.05, 0.1) is 0 Å². The highest BCUT2D eigenvalue weighted by molar-refractivity contribution is 9.10. The van der Waals surface area contributed by atoms with Gasteiger partial charge in [0.1, 0.15) is 5.75 Å². The number of rotatable bonds is 5. The van der Waals surface area contributed by atoms with E-state index in [2.05, 4.69) is 15.9 Å². The van der Waals surface area contributed by atoms with E-state index in [1.165, 1.54) is 0 Å².